The van der Waals surface area contributed by atoms with Crippen molar-refractivity contribution >= 4 is 12.2 Å². The average molecular weight is 159 g/mol. The first-order valence-electron chi connectivity index (χ1n) is 4.45. The molecule has 0 atom stereocenters. The van der Waals surface area contributed by atoms with Crippen molar-refractivity contribution in [1.29, 1.82) is 0 Å². The molecule has 1 heterocycles. The summed E-state index contributed by atoms with van der Waals surface area (Å²) in [6.45, 7) is 2.19. The lowest BCUT2D eigenvalue weighted by molar-refractivity contribution is 1.13. The molecular weight excluding hydrogens is 146 g/mol. The quantitative estimate of drug-likeness (QED) is 0.631. The molecule has 1 aliphatic rings. The van der Waals surface area contributed by atoms with Crippen LogP contribution in [0.15, 0.2) is 18.3 Å². The number of fused-ring (bicyclic) bond motifs is 1. The number of allylic oxidation sites excluding steroid dienone is 2. The van der Waals surface area contributed by atoms with Crippen LogP contribution in [0.1, 0.15) is 18.9 Å². The van der Waals surface area contributed by atoms with Crippen molar-refractivity contribution in [3.05, 3.63) is 34.5 Å². The molecule has 1 N–H and O–H groups in total. The molecule has 62 valence electrons. The maximum absolute atomic E-state index is 3.28. The minimum absolute atomic E-state index is 1.05. The van der Waals surface area contributed by atoms with Gasteiger partial charge >= 0.3 is 0 Å². The number of hydrogen-bond acceptors (Lipinski definition) is 0. The molecule has 0 aliphatic heterocycles. The molecule has 1 heteroatoms. The molecule has 1 nitrogen and oxygen atoms in total. The first-order valence-corrected chi connectivity index (χ1v) is 4.45. The molecule has 1 aromatic rings. The van der Waals surface area contributed by atoms with Crippen LogP contribution in [0.2, 0.25) is 0 Å². The molecule has 1 aromatic heterocycles. The van der Waals surface area contributed by atoms with Gasteiger partial charge in [-0.1, -0.05) is 25.2 Å². The first kappa shape index (κ1) is 7.41. The molecule has 12 heavy (non-hydrogen) atoms. The third-order valence-corrected chi connectivity index (χ3v) is 2.28. The summed E-state index contributed by atoms with van der Waals surface area (Å²) in [6, 6.07) is 0. The van der Waals surface area contributed by atoms with Crippen LogP contribution >= 0.6 is 0 Å². The highest BCUT2D eigenvalue weighted by atomic mass is 14.7. The van der Waals surface area contributed by atoms with Crippen LogP contribution in [0.25, 0.3) is 12.2 Å². The maximum Gasteiger partial charge on any atom is 0.0453 e. The van der Waals surface area contributed by atoms with E-state index in [2.05, 4.69) is 42.4 Å². The van der Waals surface area contributed by atoms with Gasteiger partial charge < -0.3 is 4.98 Å². The Morgan fingerprint density at radius 2 is 2.42 bits per heavy atom. The molecule has 0 unspecified atom stereocenters. The fourth-order valence-corrected chi connectivity index (χ4v) is 1.59. The van der Waals surface area contributed by atoms with E-state index in [1.807, 2.05) is 0 Å². The topological polar surface area (TPSA) is 15.8 Å². The lowest BCUT2D eigenvalue weighted by atomic mass is 10.2. The van der Waals surface area contributed by atoms with Crippen LogP contribution in [-0.4, -0.2) is 4.98 Å². The van der Waals surface area contributed by atoms with Crippen molar-refractivity contribution in [3.63, 3.8) is 0 Å². The van der Waals surface area contributed by atoms with Gasteiger partial charge in [0.1, 0.15) is 0 Å². The van der Waals surface area contributed by atoms with Gasteiger partial charge in [-0.25, -0.2) is 0 Å². The van der Waals surface area contributed by atoms with Crippen LogP contribution in [0.5, 0.6) is 0 Å². The highest BCUT2D eigenvalue weighted by molar-refractivity contribution is 5.44. The SMILES string of the molecule is CCc1c[nH]c2c1=CCC=CC=2. The van der Waals surface area contributed by atoms with E-state index >= 15 is 0 Å². The third kappa shape index (κ3) is 1.11. The molecule has 0 amide bonds. The molecule has 2 rings (SSSR count). The summed E-state index contributed by atoms with van der Waals surface area (Å²) >= 11 is 0. The van der Waals surface area contributed by atoms with Crippen LogP contribution in [0.4, 0.5) is 0 Å². The van der Waals surface area contributed by atoms with E-state index in [4.69, 9.17) is 0 Å². The largest absolute Gasteiger partial charge is 0.361 e. The monoisotopic (exact) mass is 159 g/mol. The van der Waals surface area contributed by atoms with Crippen molar-refractivity contribution in [3.8, 4) is 0 Å². The lowest BCUT2D eigenvalue weighted by Gasteiger charge is -1.86. The van der Waals surface area contributed by atoms with Crippen LogP contribution < -0.4 is 10.6 Å². The minimum Gasteiger partial charge on any atom is -0.361 e. The Kier molecular flexibility index (Phi) is 1.86. The van der Waals surface area contributed by atoms with E-state index in [9.17, 15) is 0 Å². The molecular formula is C11H13N. The van der Waals surface area contributed by atoms with Crippen molar-refractivity contribution in [2.45, 2.75) is 19.8 Å². The molecule has 0 saturated carbocycles. The zero-order chi connectivity index (χ0) is 8.39. The van der Waals surface area contributed by atoms with Crippen LogP contribution in [0, 0.1) is 0 Å². The Bertz CT molecular complexity index is 407. The van der Waals surface area contributed by atoms with Crippen molar-refractivity contribution in [2.75, 3.05) is 0 Å². The van der Waals surface area contributed by atoms with Crippen LogP contribution in [0.3, 0.4) is 0 Å². The normalized spacial score (nSPS) is 14.4. The summed E-state index contributed by atoms with van der Waals surface area (Å²) in [4.78, 5) is 3.28. The molecule has 1 aliphatic carbocycles. The lowest BCUT2D eigenvalue weighted by Crippen LogP contribution is -2.23. The van der Waals surface area contributed by atoms with Gasteiger partial charge in [0.2, 0.25) is 0 Å². The number of aryl methyl sites for hydroxylation is 1. The second kappa shape index (κ2) is 3.02. The summed E-state index contributed by atoms with van der Waals surface area (Å²) in [7, 11) is 0. The average Bonchev–Trinajstić information content (AvgIpc) is 2.33. The Hall–Kier alpha value is -1.24. The highest BCUT2D eigenvalue weighted by Crippen LogP contribution is 1.92. The number of nitrogens with one attached hydrogen (secondary N) is 1. The summed E-state index contributed by atoms with van der Waals surface area (Å²) in [6.07, 6.45) is 13.0. The predicted molar refractivity (Wildman–Crippen MR) is 52.1 cm³/mol. The summed E-state index contributed by atoms with van der Waals surface area (Å²) in [5, 5.41) is 2.64. The smallest absolute Gasteiger partial charge is 0.0453 e. The second-order valence-electron chi connectivity index (χ2n) is 3.03. The fourth-order valence-electron chi connectivity index (χ4n) is 1.59. The molecule has 0 aromatic carbocycles. The Morgan fingerprint density at radius 3 is 3.25 bits per heavy atom. The highest BCUT2D eigenvalue weighted by Gasteiger charge is 1.96. The van der Waals surface area contributed by atoms with Crippen molar-refractivity contribution in [2.24, 2.45) is 0 Å². The van der Waals surface area contributed by atoms with Gasteiger partial charge in [0, 0.05) is 11.5 Å². The van der Waals surface area contributed by atoms with Crippen molar-refractivity contribution in [1.82, 2.24) is 4.98 Å². The van der Waals surface area contributed by atoms with E-state index in [1.165, 1.54) is 16.1 Å². The number of aromatic nitrogens is 1. The van der Waals surface area contributed by atoms with E-state index in [0.717, 1.165) is 12.8 Å². The van der Waals surface area contributed by atoms with E-state index in [0.29, 0.717) is 0 Å². The van der Waals surface area contributed by atoms with Crippen LogP contribution in [-0.2, 0) is 6.42 Å². The number of hydrogen-bond donors (Lipinski definition) is 1. The van der Waals surface area contributed by atoms with Gasteiger partial charge in [-0.3, -0.25) is 0 Å². The van der Waals surface area contributed by atoms with Gasteiger partial charge in [0.15, 0.2) is 0 Å². The zero-order valence-corrected chi connectivity index (χ0v) is 7.30. The van der Waals surface area contributed by atoms with E-state index in [1.54, 1.807) is 0 Å². The fraction of sp³-hybridized carbons (Fsp3) is 0.273. The number of rotatable bonds is 1. The van der Waals surface area contributed by atoms with Gasteiger partial charge in [-0.05, 0) is 29.7 Å². The first-order chi connectivity index (χ1) is 5.92. The number of H-pyrrole nitrogens is 1. The minimum atomic E-state index is 1.05. The van der Waals surface area contributed by atoms with Crippen molar-refractivity contribution < 1.29 is 0 Å². The molecule has 0 fully saturated rings. The zero-order valence-electron chi connectivity index (χ0n) is 7.30. The summed E-state index contributed by atoms with van der Waals surface area (Å²) in [5.74, 6) is 0. The standard InChI is InChI=1S/C11H13N/c1-2-9-8-12-11-7-5-3-4-6-10(9)11/h3,5-8,12H,2,4H2,1H3. The number of aromatic amines is 1. The summed E-state index contributed by atoms with van der Waals surface area (Å²) < 4.78 is 0. The van der Waals surface area contributed by atoms with E-state index < -0.39 is 0 Å². The Balaban J connectivity index is 2.72. The molecule has 0 spiro atoms. The summed E-state index contributed by atoms with van der Waals surface area (Å²) in [5.41, 5.74) is 1.42. The second-order valence-corrected chi connectivity index (χ2v) is 3.03. The molecule has 0 saturated heterocycles. The Morgan fingerprint density at radius 1 is 1.50 bits per heavy atom. The molecule has 0 radical (unpaired) electrons. The third-order valence-electron chi connectivity index (χ3n) is 2.28. The van der Waals surface area contributed by atoms with Gasteiger partial charge in [-0.15, -0.1) is 0 Å². The Labute approximate surface area is 72.1 Å². The van der Waals surface area contributed by atoms with Gasteiger partial charge in [-0.2, -0.15) is 0 Å². The van der Waals surface area contributed by atoms with Gasteiger partial charge in [0.25, 0.3) is 0 Å². The maximum atomic E-state index is 3.28. The van der Waals surface area contributed by atoms with E-state index in [-0.39, 0.29) is 0 Å². The molecule has 0 bridgehead atoms. The predicted octanol–water partition coefficient (Wildman–Crippen LogP) is 1.10. The van der Waals surface area contributed by atoms with Gasteiger partial charge in [0.05, 0.1) is 0 Å².